The Bertz CT molecular complexity index is 597. The average molecular weight is 260 g/mol. The quantitative estimate of drug-likeness (QED) is 0.678. The number of benzene rings is 1. The topological polar surface area (TPSA) is 29.0 Å². The number of fused-ring (bicyclic) bond motifs is 2. The molecule has 1 aromatic heterocycles. The summed E-state index contributed by atoms with van der Waals surface area (Å²) in [6, 6.07) is 8.42. The largest absolute Gasteiger partial charge is 0.329 e. The number of halogens is 1. The zero-order chi connectivity index (χ0) is 12.7. The highest BCUT2D eigenvalue weighted by Crippen LogP contribution is 2.40. The van der Waals surface area contributed by atoms with Crippen molar-refractivity contribution >= 4 is 23.1 Å². The second kappa shape index (κ2) is 4.25. The van der Waals surface area contributed by atoms with Gasteiger partial charge in [-0.15, -0.1) is 0 Å². The van der Waals surface area contributed by atoms with Crippen LogP contribution in [0.3, 0.4) is 0 Å². The van der Waals surface area contributed by atoms with Crippen LogP contribution in [0.2, 0.25) is 5.15 Å². The van der Waals surface area contributed by atoms with Crippen molar-refractivity contribution in [2.24, 2.45) is 0 Å². The summed E-state index contributed by atoms with van der Waals surface area (Å²) in [5, 5.41) is 0.562. The smallest absolute Gasteiger partial charge is 0.140 e. The van der Waals surface area contributed by atoms with Crippen LogP contribution in [-0.2, 0) is 6.42 Å². The highest BCUT2D eigenvalue weighted by molar-refractivity contribution is 6.30. The Hall–Kier alpha value is -1.61. The third-order valence-electron chi connectivity index (χ3n) is 3.53. The van der Waals surface area contributed by atoms with Gasteiger partial charge in [-0.05, 0) is 24.0 Å². The standard InChI is InChI=1S/C14H14ClN3/c1-9-7-11-13(15)16-8-17-14(11)18(2)12-6-4-3-5-10(9)12/h3-6,8-9H,7H2,1-2H3. The predicted molar refractivity (Wildman–Crippen MR) is 73.7 cm³/mol. The molecule has 1 aliphatic heterocycles. The SMILES string of the molecule is CC1Cc2c(Cl)ncnc2N(C)c2ccccc21. The molecule has 1 aliphatic rings. The van der Waals surface area contributed by atoms with E-state index in [0.717, 1.165) is 17.8 Å². The fourth-order valence-corrected chi connectivity index (χ4v) is 2.79. The van der Waals surface area contributed by atoms with Crippen molar-refractivity contribution in [3.8, 4) is 0 Å². The van der Waals surface area contributed by atoms with Gasteiger partial charge in [-0.2, -0.15) is 0 Å². The van der Waals surface area contributed by atoms with Gasteiger partial charge in [0.25, 0.3) is 0 Å². The van der Waals surface area contributed by atoms with E-state index in [2.05, 4.69) is 46.1 Å². The number of anilines is 2. The van der Waals surface area contributed by atoms with Gasteiger partial charge in [0.05, 0.1) is 0 Å². The summed E-state index contributed by atoms with van der Waals surface area (Å²) in [6.45, 7) is 2.21. The maximum Gasteiger partial charge on any atom is 0.140 e. The Kier molecular flexibility index (Phi) is 2.71. The molecule has 0 fully saturated rings. The third-order valence-corrected chi connectivity index (χ3v) is 3.85. The number of rotatable bonds is 0. The van der Waals surface area contributed by atoms with E-state index in [1.807, 2.05) is 7.05 Å². The highest BCUT2D eigenvalue weighted by atomic mass is 35.5. The van der Waals surface area contributed by atoms with E-state index in [4.69, 9.17) is 11.6 Å². The second-order valence-electron chi connectivity index (χ2n) is 4.69. The van der Waals surface area contributed by atoms with Crippen LogP contribution in [0.4, 0.5) is 11.5 Å². The molecule has 1 atom stereocenters. The van der Waals surface area contributed by atoms with Crippen molar-refractivity contribution in [1.82, 2.24) is 9.97 Å². The van der Waals surface area contributed by atoms with Crippen LogP contribution in [0.1, 0.15) is 24.0 Å². The van der Waals surface area contributed by atoms with Gasteiger partial charge in [0.15, 0.2) is 0 Å². The molecule has 18 heavy (non-hydrogen) atoms. The molecule has 0 radical (unpaired) electrons. The molecule has 1 unspecified atom stereocenters. The molecule has 3 rings (SSSR count). The third kappa shape index (κ3) is 1.66. The zero-order valence-electron chi connectivity index (χ0n) is 10.4. The van der Waals surface area contributed by atoms with E-state index in [1.165, 1.54) is 17.6 Å². The predicted octanol–water partition coefficient (Wildman–Crippen LogP) is 3.56. The summed E-state index contributed by atoms with van der Waals surface area (Å²) in [6.07, 6.45) is 2.40. The van der Waals surface area contributed by atoms with Crippen molar-refractivity contribution in [2.75, 3.05) is 11.9 Å². The summed E-state index contributed by atoms with van der Waals surface area (Å²) in [4.78, 5) is 10.6. The van der Waals surface area contributed by atoms with Crippen molar-refractivity contribution in [2.45, 2.75) is 19.3 Å². The van der Waals surface area contributed by atoms with E-state index < -0.39 is 0 Å². The molecule has 4 heteroatoms. The minimum absolute atomic E-state index is 0.411. The van der Waals surface area contributed by atoms with Gasteiger partial charge in [-0.3, -0.25) is 0 Å². The number of hydrogen-bond donors (Lipinski definition) is 0. The van der Waals surface area contributed by atoms with Crippen LogP contribution < -0.4 is 4.90 Å². The van der Waals surface area contributed by atoms with Crippen LogP contribution in [0.5, 0.6) is 0 Å². The normalized spacial score (nSPS) is 17.9. The molecule has 3 nitrogen and oxygen atoms in total. The number of para-hydroxylation sites is 1. The van der Waals surface area contributed by atoms with Gasteiger partial charge in [0.2, 0.25) is 0 Å². The van der Waals surface area contributed by atoms with E-state index in [1.54, 1.807) is 0 Å². The van der Waals surface area contributed by atoms with Crippen molar-refractivity contribution in [3.63, 3.8) is 0 Å². The summed E-state index contributed by atoms with van der Waals surface area (Å²) in [7, 11) is 2.03. The molecule has 2 aromatic rings. The average Bonchev–Trinajstić information content (AvgIpc) is 2.49. The van der Waals surface area contributed by atoms with Crippen LogP contribution in [-0.4, -0.2) is 17.0 Å². The molecular weight excluding hydrogens is 246 g/mol. The molecular formula is C14H14ClN3. The lowest BCUT2D eigenvalue weighted by Crippen LogP contribution is -2.13. The Balaban J connectivity index is 2.25. The number of aromatic nitrogens is 2. The Morgan fingerprint density at radius 1 is 1.28 bits per heavy atom. The first kappa shape index (κ1) is 11.5. The summed E-state index contributed by atoms with van der Waals surface area (Å²) in [5.41, 5.74) is 3.55. The lowest BCUT2D eigenvalue weighted by molar-refractivity contribution is 0.764. The Morgan fingerprint density at radius 3 is 2.89 bits per heavy atom. The van der Waals surface area contributed by atoms with E-state index in [-0.39, 0.29) is 0 Å². The first-order valence-electron chi connectivity index (χ1n) is 6.00. The fourth-order valence-electron chi connectivity index (χ4n) is 2.59. The lowest BCUT2D eigenvalue weighted by Gasteiger charge is -2.20. The van der Waals surface area contributed by atoms with Gasteiger partial charge < -0.3 is 4.90 Å². The second-order valence-corrected chi connectivity index (χ2v) is 5.05. The number of nitrogens with zero attached hydrogens (tertiary/aromatic N) is 3. The van der Waals surface area contributed by atoms with Crippen molar-refractivity contribution < 1.29 is 0 Å². The van der Waals surface area contributed by atoms with Crippen molar-refractivity contribution in [1.29, 1.82) is 0 Å². The highest BCUT2D eigenvalue weighted by Gasteiger charge is 2.25. The zero-order valence-corrected chi connectivity index (χ0v) is 11.1. The summed E-state index contributed by atoms with van der Waals surface area (Å²) < 4.78 is 0. The maximum absolute atomic E-state index is 6.21. The van der Waals surface area contributed by atoms with Crippen LogP contribution in [0.25, 0.3) is 0 Å². The molecule has 0 saturated heterocycles. The summed E-state index contributed by atoms with van der Waals surface area (Å²) in [5.74, 6) is 1.32. The van der Waals surface area contributed by atoms with E-state index in [0.29, 0.717) is 11.1 Å². The van der Waals surface area contributed by atoms with Gasteiger partial charge in [0.1, 0.15) is 17.3 Å². The van der Waals surface area contributed by atoms with Crippen molar-refractivity contribution in [3.05, 3.63) is 46.9 Å². The van der Waals surface area contributed by atoms with Gasteiger partial charge in [-0.25, -0.2) is 9.97 Å². The molecule has 0 spiro atoms. The minimum atomic E-state index is 0.411. The molecule has 0 N–H and O–H groups in total. The van der Waals surface area contributed by atoms with Gasteiger partial charge >= 0.3 is 0 Å². The minimum Gasteiger partial charge on any atom is -0.329 e. The first-order valence-corrected chi connectivity index (χ1v) is 6.38. The molecule has 0 bridgehead atoms. The van der Waals surface area contributed by atoms with Gasteiger partial charge in [-0.1, -0.05) is 36.7 Å². The molecule has 0 aliphatic carbocycles. The lowest BCUT2D eigenvalue weighted by atomic mass is 9.95. The number of hydrogen-bond acceptors (Lipinski definition) is 3. The van der Waals surface area contributed by atoms with Crippen LogP contribution >= 0.6 is 11.6 Å². The molecule has 0 amide bonds. The summed E-state index contributed by atoms with van der Waals surface area (Å²) >= 11 is 6.21. The maximum atomic E-state index is 6.21. The molecule has 1 aromatic carbocycles. The Labute approximate surface area is 111 Å². The first-order chi connectivity index (χ1) is 8.68. The van der Waals surface area contributed by atoms with Gasteiger partial charge in [0, 0.05) is 18.3 Å². The fraction of sp³-hybridized carbons (Fsp3) is 0.286. The molecule has 0 saturated carbocycles. The monoisotopic (exact) mass is 259 g/mol. The van der Waals surface area contributed by atoms with Crippen LogP contribution in [0.15, 0.2) is 30.6 Å². The van der Waals surface area contributed by atoms with E-state index >= 15 is 0 Å². The van der Waals surface area contributed by atoms with Crippen LogP contribution in [0, 0.1) is 0 Å². The Morgan fingerprint density at radius 2 is 2.06 bits per heavy atom. The molecule has 2 heterocycles. The van der Waals surface area contributed by atoms with E-state index in [9.17, 15) is 0 Å². The molecule has 92 valence electrons.